The lowest BCUT2D eigenvalue weighted by atomic mass is 10.3. The summed E-state index contributed by atoms with van der Waals surface area (Å²) in [6, 6.07) is 11.4. The number of rotatable bonds is 2. The summed E-state index contributed by atoms with van der Waals surface area (Å²) in [6.45, 7) is 1.96. The normalized spacial score (nSPS) is 10.1. The lowest BCUT2D eigenvalue weighted by Crippen LogP contribution is -1.98. The standard InChI is InChI=1S/C12H10ClN3/c1-9-8-11(6-7-14)15-16(9)12-4-2-10(13)3-5-12/h2-5,8H,6H2,1H3. The molecule has 4 heteroatoms. The van der Waals surface area contributed by atoms with Gasteiger partial charge in [-0.15, -0.1) is 0 Å². The zero-order valence-corrected chi connectivity index (χ0v) is 9.57. The van der Waals surface area contributed by atoms with Crippen molar-refractivity contribution >= 4 is 11.6 Å². The largest absolute Gasteiger partial charge is 0.238 e. The summed E-state index contributed by atoms with van der Waals surface area (Å²) in [5.74, 6) is 0. The summed E-state index contributed by atoms with van der Waals surface area (Å²) in [6.07, 6.45) is 0.335. The van der Waals surface area contributed by atoms with Crippen LogP contribution in [0.4, 0.5) is 0 Å². The van der Waals surface area contributed by atoms with Gasteiger partial charge in [-0.3, -0.25) is 0 Å². The molecule has 2 rings (SSSR count). The molecule has 16 heavy (non-hydrogen) atoms. The first-order valence-electron chi connectivity index (χ1n) is 4.89. The molecule has 1 aromatic carbocycles. The van der Waals surface area contributed by atoms with Crippen LogP contribution in [0.3, 0.4) is 0 Å². The first-order valence-corrected chi connectivity index (χ1v) is 5.27. The van der Waals surface area contributed by atoms with Gasteiger partial charge in [-0.2, -0.15) is 10.4 Å². The molecule has 80 valence electrons. The molecule has 0 aliphatic heterocycles. The third-order valence-electron chi connectivity index (χ3n) is 2.27. The number of hydrogen-bond acceptors (Lipinski definition) is 2. The average molecular weight is 232 g/mol. The predicted molar refractivity (Wildman–Crippen MR) is 62.6 cm³/mol. The molecule has 0 N–H and O–H groups in total. The molecule has 1 heterocycles. The van der Waals surface area contributed by atoms with E-state index in [4.69, 9.17) is 16.9 Å². The fourth-order valence-electron chi connectivity index (χ4n) is 1.55. The van der Waals surface area contributed by atoms with E-state index in [1.165, 1.54) is 0 Å². The van der Waals surface area contributed by atoms with Gasteiger partial charge in [0.15, 0.2) is 0 Å². The van der Waals surface area contributed by atoms with Crippen molar-refractivity contribution < 1.29 is 0 Å². The third kappa shape index (κ3) is 2.07. The molecule has 0 amide bonds. The Morgan fingerprint density at radius 2 is 2.06 bits per heavy atom. The SMILES string of the molecule is Cc1cc(CC#N)nn1-c1ccc(Cl)cc1. The first kappa shape index (κ1) is 10.7. The molecule has 0 aliphatic rings. The Labute approximate surface area is 98.9 Å². The van der Waals surface area contributed by atoms with Gasteiger partial charge in [0.2, 0.25) is 0 Å². The molecule has 0 fully saturated rings. The molecule has 0 atom stereocenters. The summed E-state index contributed by atoms with van der Waals surface area (Å²) in [7, 11) is 0. The Morgan fingerprint density at radius 3 is 2.69 bits per heavy atom. The van der Waals surface area contributed by atoms with E-state index in [2.05, 4.69) is 11.2 Å². The van der Waals surface area contributed by atoms with Crippen molar-refractivity contribution in [3.63, 3.8) is 0 Å². The number of aryl methyl sites for hydroxylation is 1. The van der Waals surface area contributed by atoms with E-state index >= 15 is 0 Å². The van der Waals surface area contributed by atoms with Crippen molar-refractivity contribution in [3.05, 3.63) is 46.7 Å². The fourth-order valence-corrected chi connectivity index (χ4v) is 1.68. The smallest absolute Gasteiger partial charge is 0.0793 e. The Kier molecular flexibility index (Phi) is 2.93. The van der Waals surface area contributed by atoms with Gasteiger partial charge in [0.1, 0.15) is 0 Å². The molecule has 3 nitrogen and oxygen atoms in total. The molecule has 0 radical (unpaired) electrons. The van der Waals surface area contributed by atoms with Gasteiger partial charge in [0, 0.05) is 10.7 Å². The third-order valence-corrected chi connectivity index (χ3v) is 2.52. The Bertz CT molecular complexity index is 534. The number of nitrogens with zero attached hydrogens (tertiary/aromatic N) is 3. The lowest BCUT2D eigenvalue weighted by Gasteiger charge is -2.03. The highest BCUT2D eigenvalue weighted by Gasteiger charge is 2.05. The minimum absolute atomic E-state index is 0.335. The van der Waals surface area contributed by atoms with E-state index < -0.39 is 0 Å². The van der Waals surface area contributed by atoms with Gasteiger partial charge in [0.25, 0.3) is 0 Å². The van der Waals surface area contributed by atoms with Crippen LogP contribution in [-0.4, -0.2) is 9.78 Å². The van der Waals surface area contributed by atoms with E-state index in [9.17, 15) is 0 Å². The zero-order valence-electron chi connectivity index (χ0n) is 8.81. The van der Waals surface area contributed by atoms with Crippen LogP contribution in [0.25, 0.3) is 5.69 Å². The molecule has 0 unspecified atom stereocenters. The number of hydrogen-bond donors (Lipinski definition) is 0. The maximum atomic E-state index is 8.61. The van der Waals surface area contributed by atoms with Gasteiger partial charge < -0.3 is 0 Å². The average Bonchev–Trinajstić information content (AvgIpc) is 2.61. The van der Waals surface area contributed by atoms with E-state index in [1.807, 2.05) is 41.9 Å². The van der Waals surface area contributed by atoms with E-state index in [1.54, 1.807) is 0 Å². The number of benzene rings is 1. The van der Waals surface area contributed by atoms with Crippen molar-refractivity contribution in [1.29, 1.82) is 5.26 Å². The summed E-state index contributed by atoms with van der Waals surface area (Å²) in [4.78, 5) is 0. The minimum atomic E-state index is 0.335. The van der Waals surface area contributed by atoms with Gasteiger partial charge >= 0.3 is 0 Å². The van der Waals surface area contributed by atoms with Crippen molar-refractivity contribution in [1.82, 2.24) is 9.78 Å². The second-order valence-corrected chi connectivity index (χ2v) is 3.94. The monoisotopic (exact) mass is 231 g/mol. The van der Waals surface area contributed by atoms with Gasteiger partial charge in [-0.05, 0) is 37.3 Å². The van der Waals surface area contributed by atoms with E-state index in [0.29, 0.717) is 11.4 Å². The van der Waals surface area contributed by atoms with Crippen molar-refractivity contribution in [2.24, 2.45) is 0 Å². The highest BCUT2D eigenvalue weighted by Crippen LogP contribution is 2.15. The Balaban J connectivity index is 2.40. The molecule has 0 saturated carbocycles. The maximum absolute atomic E-state index is 8.61. The Morgan fingerprint density at radius 1 is 1.38 bits per heavy atom. The van der Waals surface area contributed by atoms with Crippen LogP contribution in [0.5, 0.6) is 0 Å². The van der Waals surface area contributed by atoms with Crippen molar-refractivity contribution in [2.75, 3.05) is 0 Å². The lowest BCUT2D eigenvalue weighted by molar-refractivity contribution is 0.826. The van der Waals surface area contributed by atoms with Crippen LogP contribution in [0.15, 0.2) is 30.3 Å². The molecule has 1 aromatic heterocycles. The van der Waals surface area contributed by atoms with Gasteiger partial charge in [-0.1, -0.05) is 11.6 Å². The first-order chi connectivity index (χ1) is 7.70. The predicted octanol–water partition coefficient (Wildman–Crippen LogP) is 2.90. The van der Waals surface area contributed by atoms with Gasteiger partial charge in [-0.25, -0.2) is 4.68 Å². The van der Waals surface area contributed by atoms with Crippen LogP contribution in [-0.2, 0) is 6.42 Å². The second kappa shape index (κ2) is 4.38. The molecule has 2 aromatic rings. The molecule has 0 aliphatic carbocycles. The number of halogens is 1. The zero-order chi connectivity index (χ0) is 11.5. The second-order valence-electron chi connectivity index (χ2n) is 3.50. The minimum Gasteiger partial charge on any atom is -0.238 e. The van der Waals surface area contributed by atoms with Crippen LogP contribution < -0.4 is 0 Å². The quantitative estimate of drug-likeness (QED) is 0.798. The summed E-state index contributed by atoms with van der Waals surface area (Å²) in [5.41, 5.74) is 2.74. The maximum Gasteiger partial charge on any atom is 0.0793 e. The molecule has 0 saturated heterocycles. The fraction of sp³-hybridized carbons (Fsp3) is 0.167. The number of aromatic nitrogens is 2. The molecular weight excluding hydrogens is 222 g/mol. The number of nitriles is 1. The Hall–Kier alpha value is -1.79. The highest BCUT2D eigenvalue weighted by atomic mass is 35.5. The molecule has 0 bridgehead atoms. The molecule has 0 spiro atoms. The summed E-state index contributed by atoms with van der Waals surface area (Å²) < 4.78 is 1.81. The van der Waals surface area contributed by atoms with Crippen LogP contribution >= 0.6 is 11.6 Å². The van der Waals surface area contributed by atoms with Crippen molar-refractivity contribution in [3.8, 4) is 11.8 Å². The van der Waals surface area contributed by atoms with Crippen molar-refractivity contribution in [2.45, 2.75) is 13.3 Å². The highest BCUT2D eigenvalue weighted by molar-refractivity contribution is 6.30. The summed E-state index contributed by atoms with van der Waals surface area (Å²) >= 11 is 5.82. The van der Waals surface area contributed by atoms with Crippen LogP contribution in [0.2, 0.25) is 5.02 Å². The summed E-state index contributed by atoms with van der Waals surface area (Å²) in [5, 5.41) is 13.7. The van der Waals surface area contributed by atoms with Gasteiger partial charge in [0.05, 0.1) is 23.9 Å². The van der Waals surface area contributed by atoms with E-state index in [0.717, 1.165) is 17.1 Å². The van der Waals surface area contributed by atoms with E-state index in [-0.39, 0.29) is 0 Å². The molecular formula is C12H10ClN3. The van der Waals surface area contributed by atoms with Crippen LogP contribution in [0, 0.1) is 18.3 Å². The topological polar surface area (TPSA) is 41.6 Å². The van der Waals surface area contributed by atoms with Crippen LogP contribution in [0.1, 0.15) is 11.4 Å².